The molecule has 0 aliphatic carbocycles. The van der Waals surface area contributed by atoms with E-state index in [1.165, 1.54) is 6.07 Å². The third-order valence-electron chi connectivity index (χ3n) is 2.53. The maximum atomic E-state index is 13.9. The van der Waals surface area contributed by atoms with Crippen LogP contribution in [0.4, 0.5) is 10.1 Å². The number of nitrogens with zero attached hydrogens (tertiary/aromatic N) is 1. The van der Waals surface area contributed by atoms with Gasteiger partial charge in [0.2, 0.25) is 0 Å². The Morgan fingerprint density at radius 1 is 1.29 bits per heavy atom. The van der Waals surface area contributed by atoms with Crippen LogP contribution in [0.3, 0.4) is 0 Å². The lowest BCUT2D eigenvalue weighted by molar-refractivity contribution is 0.416. The van der Waals surface area contributed by atoms with Crippen molar-refractivity contribution in [3.8, 4) is 0 Å². The molecular formula is C14H23FN2. The molecular weight excluding hydrogens is 215 g/mol. The van der Waals surface area contributed by atoms with Crippen molar-refractivity contribution in [2.24, 2.45) is 5.41 Å². The molecule has 0 unspecified atom stereocenters. The van der Waals surface area contributed by atoms with E-state index in [1.54, 1.807) is 6.07 Å². The van der Waals surface area contributed by atoms with Gasteiger partial charge in [-0.05, 0) is 24.1 Å². The van der Waals surface area contributed by atoms with Gasteiger partial charge in [0.25, 0.3) is 0 Å². The predicted octanol–water partition coefficient (Wildman–Crippen LogP) is 3.03. The highest BCUT2D eigenvalue weighted by atomic mass is 19.1. The van der Waals surface area contributed by atoms with Crippen LogP contribution in [0.25, 0.3) is 0 Å². The zero-order valence-electron chi connectivity index (χ0n) is 11.5. The van der Waals surface area contributed by atoms with Crippen LogP contribution in [0.5, 0.6) is 0 Å². The summed E-state index contributed by atoms with van der Waals surface area (Å²) in [5.74, 6) is -0.149. The van der Waals surface area contributed by atoms with E-state index in [-0.39, 0.29) is 11.2 Å². The van der Waals surface area contributed by atoms with Gasteiger partial charge in [-0.15, -0.1) is 0 Å². The van der Waals surface area contributed by atoms with E-state index >= 15 is 0 Å². The van der Waals surface area contributed by atoms with Gasteiger partial charge in [0.1, 0.15) is 5.82 Å². The van der Waals surface area contributed by atoms with Gasteiger partial charge in [0, 0.05) is 20.1 Å². The Morgan fingerprint density at radius 3 is 2.47 bits per heavy atom. The fourth-order valence-electron chi connectivity index (χ4n) is 2.11. The predicted molar refractivity (Wildman–Crippen MR) is 71.9 cm³/mol. The van der Waals surface area contributed by atoms with Crippen LogP contribution in [-0.4, -0.2) is 20.6 Å². The van der Waals surface area contributed by atoms with Crippen molar-refractivity contribution in [1.82, 2.24) is 5.32 Å². The van der Waals surface area contributed by atoms with Gasteiger partial charge in [-0.3, -0.25) is 0 Å². The summed E-state index contributed by atoms with van der Waals surface area (Å²) < 4.78 is 13.9. The first-order valence-electron chi connectivity index (χ1n) is 5.98. The van der Waals surface area contributed by atoms with Gasteiger partial charge >= 0.3 is 0 Å². The normalized spacial score (nSPS) is 11.6. The largest absolute Gasteiger partial charge is 0.371 e. The van der Waals surface area contributed by atoms with Crippen LogP contribution in [0.1, 0.15) is 26.3 Å². The molecule has 1 aromatic carbocycles. The lowest BCUT2D eigenvalue weighted by Gasteiger charge is -2.30. The minimum atomic E-state index is -0.149. The first-order valence-corrected chi connectivity index (χ1v) is 5.98. The second-order valence-corrected chi connectivity index (χ2v) is 5.69. The SMILES string of the molecule is CNCc1cccc(F)c1N(C)CC(C)(C)C. The summed E-state index contributed by atoms with van der Waals surface area (Å²) in [5.41, 5.74) is 1.85. The lowest BCUT2D eigenvalue weighted by Crippen LogP contribution is -2.31. The molecule has 0 bridgehead atoms. The van der Waals surface area contributed by atoms with Crippen molar-refractivity contribution in [3.05, 3.63) is 29.6 Å². The Bertz CT molecular complexity index is 369. The van der Waals surface area contributed by atoms with Gasteiger partial charge in [0.05, 0.1) is 5.69 Å². The Morgan fingerprint density at radius 2 is 1.94 bits per heavy atom. The number of hydrogen-bond acceptors (Lipinski definition) is 2. The maximum Gasteiger partial charge on any atom is 0.146 e. The summed E-state index contributed by atoms with van der Waals surface area (Å²) in [7, 11) is 3.82. The summed E-state index contributed by atoms with van der Waals surface area (Å²) in [6.45, 7) is 7.97. The van der Waals surface area contributed by atoms with Crippen molar-refractivity contribution >= 4 is 5.69 Å². The zero-order chi connectivity index (χ0) is 13.1. The summed E-state index contributed by atoms with van der Waals surface area (Å²) >= 11 is 0. The molecule has 0 aliphatic heterocycles. The van der Waals surface area contributed by atoms with Crippen LogP contribution < -0.4 is 10.2 Å². The minimum absolute atomic E-state index is 0.147. The van der Waals surface area contributed by atoms with Crippen LogP contribution >= 0.6 is 0 Å². The van der Waals surface area contributed by atoms with Crippen LogP contribution in [0.2, 0.25) is 0 Å². The molecule has 0 fully saturated rings. The Hall–Kier alpha value is -1.09. The van der Waals surface area contributed by atoms with E-state index in [2.05, 4.69) is 26.1 Å². The fourth-order valence-corrected chi connectivity index (χ4v) is 2.11. The topological polar surface area (TPSA) is 15.3 Å². The monoisotopic (exact) mass is 238 g/mol. The van der Waals surface area contributed by atoms with Gasteiger partial charge in [-0.2, -0.15) is 0 Å². The molecule has 0 saturated carbocycles. The summed E-state index contributed by atoms with van der Waals surface area (Å²) in [5, 5.41) is 3.08. The quantitative estimate of drug-likeness (QED) is 0.867. The molecule has 0 atom stereocenters. The second kappa shape index (κ2) is 5.50. The van der Waals surface area contributed by atoms with E-state index in [0.717, 1.165) is 12.1 Å². The van der Waals surface area contributed by atoms with E-state index in [1.807, 2.05) is 25.1 Å². The first kappa shape index (κ1) is 14.0. The molecule has 17 heavy (non-hydrogen) atoms. The van der Waals surface area contributed by atoms with Gasteiger partial charge in [-0.25, -0.2) is 4.39 Å². The Labute approximate surface area is 104 Å². The molecule has 0 saturated heterocycles. The molecule has 96 valence electrons. The molecule has 0 aliphatic rings. The molecule has 1 rings (SSSR count). The highest BCUT2D eigenvalue weighted by Gasteiger charge is 2.18. The summed E-state index contributed by atoms with van der Waals surface area (Å²) in [6, 6.07) is 5.25. The Balaban J connectivity index is 3.02. The number of rotatable bonds is 4. The fraction of sp³-hybridized carbons (Fsp3) is 0.571. The molecule has 3 heteroatoms. The standard InChI is InChI=1S/C14H23FN2/c1-14(2,3)10-17(5)13-11(9-16-4)7-6-8-12(13)15/h6-8,16H,9-10H2,1-5H3. The number of halogens is 1. The van der Waals surface area contributed by atoms with E-state index in [4.69, 9.17) is 0 Å². The average molecular weight is 238 g/mol. The van der Waals surface area contributed by atoms with E-state index < -0.39 is 0 Å². The van der Waals surface area contributed by atoms with Gasteiger partial charge in [0.15, 0.2) is 0 Å². The van der Waals surface area contributed by atoms with Crippen molar-refractivity contribution in [3.63, 3.8) is 0 Å². The zero-order valence-corrected chi connectivity index (χ0v) is 11.5. The number of nitrogens with one attached hydrogen (secondary N) is 1. The highest BCUT2D eigenvalue weighted by molar-refractivity contribution is 5.54. The lowest BCUT2D eigenvalue weighted by atomic mass is 9.95. The molecule has 1 N–H and O–H groups in total. The van der Waals surface area contributed by atoms with Gasteiger partial charge < -0.3 is 10.2 Å². The molecule has 0 amide bonds. The highest BCUT2D eigenvalue weighted by Crippen LogP contribution is 2.26. The average Bonchev–Trinajstić information content (AvgIpc) is 2.15. The maximum absolute atomic E-state index is 13.9. The van der Waals surface area contributed by atoms with Crippen LogP contribution in [0, 0.1) is 11.2 Å². The molecule has 0 aromatic heterocycles. The number of para-hydroxylation sites is 1. The molecule has 0 spiro atoms. The van der Waals surface area contributed by atoms with Crippen molar-refractivity contribution < 1.29 is 4.39 Å². The molecule has 0 radical (unpaired) electrons. The number of anilines is 1. The number of hydrogen-bond donors (Lipinski definition) is 1. The van der Waals surface area contributed by atoms with Crippen LogP contribution in [0.15, 0.2) is 18.2 Å². The van der Waals surface area contributed by atoms with Gasteiger partial charge in [-0.1, -0.05) is 32.9 Å². The van der Waals surface area contributed by atoms with Crippen LogP contribution in [-0.2, 0) is 6.54 Å². The second-order valence-electron chi connectivity index (χ2n) is 5.69. The summed E-state index contributed by atoms with van der Waals surface area (Å²) in [4.78, 5) is 2.00. The Kier molecular flexibility index (Phi) is 4.52. The third-order valence-corrected chi connectivity index (χ3v) is 2.53. The minimum Gasteiger partial charge on any atom is -0.371 e. The third kappa shape index (κ3) is 4.00. The molecule has 1 aromatic rings. The van der Waals surface area contributed by atoms with E-state index in [0.29, 0.717) is 12.2 Å². The molecule has 2 nitrogen and oxygen atoms in total. The summed E-state index contributed by atoms with van der Waals surface area (Å²) in [6.07, 6.45) is 0. The smallest absolute Gasteiger partial charge is 0.146 e. The molecule has 0 heterocycles. The van der Waals surface area contributed by atoms with Crippen molar-refractivity contribution in [1.29, 1.82) is 0 Å². The first-order chi connectivity index (χ1) is 7.85. The van der Waals surface area contributed by atoms with Crippen molar-refractivity contribution in [2.75, 3.05) is 25.5 Å². The van der Waals surface area contributed by atoms with E-state index in [9.17, 15) is 4.39 Å². The van der Waals surface area contributed by atoms with Crippen molar-refractivity contribution in [2.45, 2.75) is 27.3 Å². The number of benzene rings is 1.